The summed E-state index contributed by atoms with van der Waals surface area (Å²) in [7, 11) is 1.78. The number of nitrogens with one attached hydrogen (secondary N) is 2. The number of fused-ring (bicyclic) bond motifs is 1. The zero-order valence-corrected chi connectivity index (χ0v) is 10.3. The Morgan fingerprint density at radius 1 is 1.42 bits per heavy atom. The topological polar surface area (TPSA) is 44.4 Å². The summed E-state index contributed by atoms with van der Waals surface area (Å²) in [5, 5.41) is 5.42. The molecule has 1 heterocycles. The molecule has 4 nitrogen and oxygen atoms in total. The van der Waals surface area contributed by atoms with E-state index in [0.29, 0.717) is 18.8 Å². The first-order valence-electron chi connectivity index (χ1n) is 5.82. The molecule has 0 aromatic heterocycles. The SMILES string of the molecule is CNCCN1CC(=O)Nc2cc(C(F)(F)F)ccc21. The molecule has 1 amide bonds. The van der Waals surface area contributed by atoms with Crippen molar-refractivity contribution in [1.29, 1.82) is 0 Å². The zero-order valence-electron chi connectivity index (χ0n) is 10.3. The molecule has 0 saturated heterocycles. The van der Waals surface area contributed by atoms with Crippen LogP contribution in [0.4, 0.5) is 24.5 Å². The molecule has 0 bridgehead atoms. The van der Waals surface area contributed by atoms with E-state index >= 15 is 0 Å². The smallest absolute Gasteiger partial charge is 0.359 e. The number of carbonyl (C=O) groups is 1. The summed E-state index contributed by atoms with van der Waals surface area (Å²) in [6.07, 6.45) is -4.41. The lowest BCUT2D eigenvalue weighted by molar-refractivity contribution is -0.137. The van der Waals surface area contributed by atoms with Crippen LogP contribution in [0.25, 0.3) is 0 Å². The van der Waals surface area contributed by atoms with Crippen LogP contribution in [-0.4, -0.2) is 32.6 Å². The predicted molar refractivity (Wildman–Crippen MR) is 66.2 cm³/mol. The van der Waals surface area contributed by atoms with E-state index in [9.17, 15) is 18.0 Å². The maximum absolute atomic E-state index is 12.6. The van der Waals surface area contributed by atoms with E-state index in [0.717, 1.165) is 12.1 Å². The number of alkyl halides is 3. The summed E-state index contributed by atoms with van der Waals surface area (Å²) in [5.41, 5.74) is 0.0621. The first kappa shape index (κ1) is 13.7. The Bertz CT molecular complexity index is 488. The Morgan fingerprint density at radius 3 is 2.79 bits per heavy atom. The van der Waals surface area contributed by atoms with Crippen molar-refractivity contribution < 1.29 is 18.0 Å². The molecule has 7 heteroatoms. The molecule has 0 spiro atoms. The Balaban J connectivity index is 2.33. The standard InChI is InChI=1S/C12H14F3N3O/c1-16-4-5-18-7-11(19)17-9-6-8(12(13,14)15)2-3-10(9)18/h2-3,6,16H,4-5,7H2,1H3,(H,17,19). The molecular weight excluding hydrogens is 259 g/mol. The van der Waals surface area contributed by atoms with E-state index in [2.05, 4.69) is 10.6 Å². The minimum absolute atomic E-state index is 0.153. The van der Waals surface area contributed by atoms with Crippen molar-refractivity contribution >= 4 is 17.3 Å². The average molecular weight is 273 g/mol. The van der Waals surface area contributed by atoms with Crippen LogP contribution in [0.15, 0.2) is 18.2 Å². The highest BCUT2D eigenvalue weighted by atomic mass is 19.4. The minimum atomic E-state index is -4.41. The van der Waals surface area contributed by atoms with Crippen molar-refractivity contribution in [1.82, 2.24) is 5.32 Å². The Kier molecular flexibility index (Phi) is 3.66. The molecule has 2 N–H and O–H groups in total. The summed E-state index contributed by atoms with van der Waals surface area (Å²) in [6.45, 7) is 1.36. The van der Waals surface area contributed by atoms with Gasteiger partial charge in [-0.25, -0.2) is 0 Å². The normalized spacial score (nSPS) is 15.2. The van der Waals surface area contributed by atoms with Gasteiger partial charge in [-0.1, -0.05) is 0 Å². The number of hydrogen-bond donors (Lipinski definition) is 2. The van der Waals surface area contributed by atoms with Gasteiger partial charge in [0.05, 0.1) is 23.5 Å². The van der Waals surface area contributed by atoms with Crippen molar-refractivity contribution in [3.8, 4) is 0 Å². The van der Waals surface area contributed by atoms with Gasteiger partial charge in [-0.3, -0.25) is 4.79 Å². The molecule has 0 radical (unpaired) electrons. The zero-order chi connectivity index (χ0) is 14.0. The van der Waals surface area contributed by atoms with E-state index in [-0.39, 0.29) is 18.1 Å². The predicted octanol–water partition coefficient (Wildman–Crippen LogP) is 1.68. The lowest BCUT2D eigenvalue weighted by Crippen LogP contribution is -2.41. The van der Waals surface area contributed by atoms with Crippen LogP contribution >= 0.6 is 0 Å². The molecule has 1 aliphatic rings. The van der Waals surface area contributed by atoms with Gasteiger partial charge in [-0.05, 0) is 25.2 Å². The van der Waals surface area contributed by atoms with Crippen LogP contribution in [0.2, 0.25) is 0 Å². The lowest BCUT2D eigenvalue weighted by Gasteiger charge is -2.31. The summed E-state index contributed by atoms with van der Waals surface area (Å²) in [5.74, 6) is -0.303. The van der Waals surface area contributed by atoms with Gasteiger partial charge in [0.25, 0.3) is 0 Å². The number of benzene rings is 1. The Hall–Kier alpha value is -1.76. The molecule has 104 valence electrons. The summed E-state index contributed by atoms with van der Waals surface area (Å²) < 4.78 is 37.9. The second kappa shape index (κ2) is 5.08. The van der Waals surface area contributed by atoms with Gasteiger partial charge in [-0.15, -0.1) is 0 Å². The second-order valence-corrected chi connectivity index (χ2v) is 4.30. The van der Waals surface area contributed by atoms with E-state index in [1.165, 1.54) is 6.07 Å². The van der Waals surface area contributed by atoms with Crippen LogP contribution < -0.4 is 15.5 Å². The monoisotopic (exact) mass is 273 g/mol. The molecule has 0 unspecified atom stereocenters. The third-order valence-corrected chi connectivity index (χ3v) is 2.90. The van der Waals surface area contributed by atoms with Crippen molar-refractivity contribution in [3.05, 3.63) is 23.8 Å². The molecule has 0 aliphatic carbocycles. The molecule has 0 fully saturated rings. The number of amides is 1. The van der Waals surface area contributed by atoms with E-state index in [1.54, 1.807) is 11.9 Å². The van der Waals surface area contributed by atoms with Gasteiger partial charge in [0.15, 0.2) is 0 Å². The molecule has 1 aromatic carbocycles. The van der Waals surface area contributed by atoms with Gasteiger partial charge in [0.2, 0.25) is 5.91 Å². The molecule has 1 aromatic rings. The lowest BCUT2D eigenvalue weighted by atomic mass is 10.1. The maximum atomic E-state index is 12.6. The van der Waals surface area contributed by atoms with Crippen molar-refractivity contribution in [2.24, 2.45) is 0 Å². The summed E-state index contributed by atoms with van der Waals surface area (Å²) in [6, 6.07) is 3.40. The number of anilines is 2. The first-order valence-corrected chi connectivity index (χ1v) is 5.82. The van der Waals surface area contributed by atoms with Crippen LogP contribution in [0.1, 0.15) is 5.56 Å². The Morgan fingerprint density at radius 2 is 2.16 bits per heavy atom. The highest BCUT2D eigenvalue weighted by Gasteiger charge is 2.32. The largest absolute Gasteiger partial charge is 0.416 e. The first-order chi connectivity index (χ1) is 8.91. The summed E-state index contributed by atoms with van der Waals surface area (Å²) >= 11 is 0. The van der Waals surface area contributed by atoms with E-state index in [1.807, 2.05) is 0 Å². The fourth-order valence-corrected chi connectivity index (χ4v) is 1.98. The molecular formula is C12H14F3N3O. The maximum Gasteiger partial charge on any atom is 0.416 e. The van der Waals surface area contributed by atoms with Crippen LogP contribution in [-0.2, 0) is 11.0 Å². The summed E-state index contributed by atoms with van der Waals surface area (Å²) in [4.78, 5) is 13.3. The van der Waals surface area contributed by atoms with Gasteiger partial charge in [-0.2, -0.15) is 13.2 Å². The fourth-order valence-electron chi connectivity index (χ4n) is 1.98. The number of nitrogens with zero attached hydrogens (tertiary/aromatic N) is 1. The van der Waals surface area contributed by atoms with Crippen LogP contribution in [0.5, 0.6) is 0 Å². The van der Waals surface area contributed by atoms with Gasteiger partial charge in [0, 0.05) is 13.1 Å². The number of rotatable bonds is 3. The van der Waals surface area contributed by atoms with E-state index < -0.39 is 11.7 Å². The molecule has 2 rings (SSSR count). The molecule has 1 aliphatic heterocycles. The molecule has 0 saturated carbocycles. The van der Waals surface area contributed by atoms with Crippen LogP contribution in [0, 0.1) is 0 Å². The highest BCUT2D eigenvalue weighted by molar-refractivity contribution is 6.01. The van der Waals surface area contributed by atoms with Gasteiger partial charge in [0.1, 0.15) is 0 Å². The number of carbonyl (C=O) groups excluding carboxylic acids is 1. The average Bonchev–Trinajstić information content (AvgIpc) is 2.33. The minimum Gasteiger partial charge on any atom is -0.359 e. The third-order valence-electron chi connectivity index (χ3n) is 2.90. The van der Waals surface area contributed by atoms with Crippen molar-refractivity contribution in [3.63, 3.8) is 0 Å². The van der Waals surface area contributed by atoms with E-state index in [4.69, 9.17) is 0 Å². The Labute approximate surface area is 108 Å². The quantitative estimate of drug-likeness (QED) is 0.880. The van der Waals surface area contributed by atoms with Gasteiger partial charge < -0.3 is 15.5 Å². The van der Waals surface area contributed by atoms with Crippen molar-refractivity contribution in [2.75, 3.05) is 36.9 Å². The highest BCUT2D eigenvalue weighted by Crippen LogP contribution is 2.36. The number of likely N-dealkylation sites (N-methyl/N-ethyl adjacent to an activating group) is 1. The second-order valence-electron chi connectivity index (χ2n) is 4.30. The molecule has 0 atom stereocenters. The van der Waals surface area contributed by atoms with Crippen LogP contribution in [0.3, 0.4) is 0 Å². The van der Waals surface area contributed by atoms with Crippen molar-refractivity contribution in [2.45, 2.75) is 6.18 Å². The van der Waals surface area contributed by atoms with Gasteiger partial charge >= 0.3 is 6.18 Å². The fraction of sp³-hybridized carbons (Fsp3) is 0.417. The third kappa shape index (κ3) is 2.98. The molecule has 19 heavy (non-hydrogen) atoms. The number of halogens is 3. The number of hydrogen-bond acceptors (Lipinski definition) is 3.